The molecule has 5 nitrogen and oxygen atoms in total. The number of piperidine rings is 3. The predicted molar refractivity (Wildman–Crippen MR) is 85.6 cm³/mol. The van der Waals surface area contributed by atoms with Crippen molar-refractivity contribution in [3.05, 3.63) is 48.2 Å². The Balaban J connectivity index is 1.38. The highest BCUT2D eigenvalue weighted by molar-refractivity contribution is 5.94. The molecule has 1 atom stereocenters. The van der Waals surface area contributed by atoms with Gasteiger partial charge >= 0.3 is 0 Å². The molecule has 0 saturated carbocycles. The van der Waals surface area contributed by atoms with Gasteiger partial charge in [0.2, 0.25) is 0 Å². The second-order valence-electron chi connectivity index (χ2n) is 6.28. The van der Waals surface area contributed by atoms with Crippen molar-refractivity contribution in [1.29, 1.82) is 0 Å². The molecular formula is C18H20N2O3. The normalized spacial score (nSPS) is 26.0. The smallest absolute Gasteiger partial charge is 0.289 e. The van der Waals surface area contributed by atoms with E-state index in [1.165, 1.54) is 25.9 Å². The Hall–Kier alpha value is -2.27. The molecule has 23 heavy (non-hydrogen) atoms. The summed E-state index contributed by atoms with van der Waals surface area (Å²) in [6, 6.07) is 10.9. The van der Waals surface area contributed by atoms with Gasteiger partial charge in [-0.1, -0.05) is 0 Å². The zero-order valence-corrected chi connectivity index (χ0v) is 12.9. The Bertz CT molecular complexity index is 658. The lowest BCUT2D eigenvalue weighted by molar-refractivity contribution is 0.0620. The molecule has 1 N–H and O–H groups in total. The number of rotatable bonds is 4. The van der Waals surface area contributed by atoms with Crippen LogP contribution in [0.5, 0.6) is 11.7 Å². The fraction of sp³-hybridized carbons (Fsp3) is 0.389. The van der Waals surface area contributed by atoms with Gasteiger partial charge in [-0.25, -0.2) is 0 Å². The summed E-state index contributed by atoms with van der Waals surface area (Å²) in [6.45, 7) is 3.34. The van der Waals surface area contributed by atoms with Crippen molar-refractivity contribution in [3.63, 3.8) is 0 Å². The van der Waals surface area contributed by atoms with Crippen molar-refractivity contribution >= 4 is 5.91 Å². The fourth-order valence-electron chi connectivity index (χ4n) is 3.49. The maximum Gasteiger partial charge on any atom is 0.289 e. The SMILES string of the molecule is O=C(NC1CN2CCC1CC2)c1ccc(Oc2ccco2)cc1. The molecule has 1 amide bonds. The Morgan fingerprint density at radius 1 is 1.17 bits per heavy atom. The minimum absolute atomic E-state index is 0.00620. The monoisotopic (exact) mass is 312 g/mol. The number of hydrogen-bond donors (Lipinski definition) is 1. The average Bonchev–Trinajstić information content (AvgIpc) is 3.09. The van der Waals surface area contributed by atoms with Gasteiger partial charge in [0.15, 0.2) is 0 Å². The molecule has 3 aliphatic rings. The average molecular weight is 312 g/mol. The minimum atomic E-state index is -0.00620. The summed E-state index contributed by atoms with van der Waals surface area (Å²) in [7, 11) is 0. The maximum atomic E-state index is 12.4. The summed E-state index contributed by atoms with van der Waals surface area (Å²) in [5.74, 6) is 1.72. The molecule has 0 aliphatic carbocycles. The van der Waals surface area contributed by atoms with Gasteiger partial charge in [-0.05, 0) is 62.2 Å². The van der Waals surface area contributed by atoms with E-state index in [2.05, 4.69) is 10.2 Å². The van der Waals surface area contributed by atoms with Crippen LogP contribution in [0, 0.1) is 5.92 Å². The van der Waals surface area contributed by atoms with Crippen LogP contribution in [-0.2, 0) is 0 Å². The molecule has 0 radical (unpaired) electrons. The Morgan fingerprint density at radius 2 is 1.96 bits per heavy atom. The summed E-state index contributed by atoms with van der Waals surface area (Å²) in [5, 5.41) is 3.19. The molecule has 1 aromatic heterocycles. The number of nitrogens with one attached hydrogen (secondary N) is 1. The van der Waals surface area contributed by atoms with Gasteiger partial charge in [0.1, 0.15) is 5.75 Å². The third-order valence-corrected chi connectivity index (χ3v) is 4.80. The third kappa shape index (κ3) is 3.10. The number of carbonyl (C=O) groups is 1. The predicted octanol–water partition coefficient (Wildman–Crippen LogP) is 2.90. The van der Waals surface area contributed by atoms with Crippen molar-refractivity contribution in [2.24, 2.45) is 5.92 Å². The quantitative estimate of drug-likeness (QED) is 0.943. The number of ether oxygens (including phenoxy) is 1. The van der Waals surface area contributed by atoms with E-state index >= 15 is 0 Å². The molecule has 4 heterocycles. The summed E-state index contributed by atoms with van der Waals surface area (Å²) in [4.78, 5) is 14.9. The molecule has 3 saturated heterocycles. The van der Waals surface area contributed by atoms with Crippen LogP contribution in [0.3, 0.4) is 0 Å². The first-order valence-electron chi connectivity index (χ1n) is 8.12. The Kier molecular flexibility index (Phi) is 3.79. The topological polar surface area (TPSA) is 54.7 Å². The second kappa shape index (κ2) is 6.08. The fourth-order valence-corrected chi connectivity index (χ4v) is 3.49. The zero-order valence-electron chi connectivity index (χ0n) is 12.9. The van der Waals surface area contributed by atoms with Crippen LogP contribution in [0.1, 0.15) is 23.2 Å². The van der Waals surface area contributed by atoms with Gasteiger partial charge in [0.05, 0.1) is 6.26 Å². The lowest BCUT2D eigenvalue weighted by atomic mass is 9.84. The summed E-state index contributed by atoms with van der Waals surface area (Å²) in [6.07, 6.45) is 3.95. The maximum absolute atomic E-state index is 12.4. The van der Waals surface area contributed by atoms with Crippen molar-refractivity contribution < 1.29 is 13.9 Å². The van der Waals surface area contributed by atoms with Crippen LogP contribution in [0.4, 0.5) is 0 Å². The highest BCUT2D eigenvalue weighted by Gasteiger charge is 2.34. The van der Waals surface area contributed by atoms with Gasteiger partial charge in [0, 0.05) is 24.2 Å². The largest absolute Gasteiger partial charge is 0.434 e. The second-order valence-corrected chi connectivity index (χ2v) is 6.28. The van der Waals surface area contributed by atoms with Crippen LogP contribution in [-0.4, -0.2) is 36.5 Å². The lowest BCUT2D eigenvalue weighted by Gasteiger charge is -2.44. The Labute approximate surface area is 135 Å². The van der Waals surface area contributed by atoms with Gasteiger partial charge < -0.3 is 19.4 Å². The number of furan rings is 1. The number of carbonyl (C=O) groups excluding carboxylic acids is 1. The molecule has 2 aromatic rings. The van der Waals surface area contributed by atoms with Crippen molar-refractivity contribution in [3.8, 4) is 11.7 Å². The number of hydrogen-bond acceptors (Lipinski definition) is 4. The number of nitrogens with zero attached hydrogens (tertiary/aromatic N) is 1. The number of fused-ring (bicyclic) bond motifs is 3. The highest BCUT2D eigenvalue weighted by Crippen LogP contribution is 2.28. The van der Waals surface area contributed by atoms with Crippen molar-refractivity contribution in [2.45, 2.75) is 18.9 Å². The number of benzene rings is 1. The first-order valence-corrected chi connectivity index (χ1v) is 8.12. The molecule has 120 valence electrons. The lowest BCUT2D eigenvalue weighted by Crippen LogP contribution is -2.57. The molecule has 5 heteroatoms. The van der Waals surface area contributed by atoms with Gasteiger partial charge in [-0.15, -0.1) is 0 Å². The molecule has 5 rings (SSSR count). The van der Waals surface area contributed by atoms with E-state index in [1.807, 2.05) is 0 Å². The van der Waals surface area contributed by atoms with E-state index in [4.69, 9.17) is 9.15 Å². The molecule has 2 bridgehead atoms. The van der Waals surface area contributed by atoms with Crippen LogP contribution in [0.25, 0.3) is 0 Å². The summed E-state index contributed by atoms with van der Waals surface area (Å²) < 4.78 is 10.7. The van der Waals surface area contributed by atoms with E-state index in [-0.39, 0.29) is 11.9 Å². The first-order chi connectivity index (χ1) is 11.3. The van der Waals surface area contributed by atoms with E-state index < -0.39 is 0 Å². The molecule has 1 unspecified atom stereocenters. The highest BCUT2D eigenvalue weighted by atomic mass is 16.6. The Morgan fingerprint density at radius 3 is 2.57 bits per heavy atom. The molecule has 1 aromatic carbocycles. The van der Waals surface area contributed by atoms with Crippen molar-refractivity contribution in [2.75, 3.05) is 19.6 Å². The molecule has 0 spiro atoms. The van der Waals surface area contributed by atoms with E-state index in [1.54, 1.807) is 42.7 Å². The third-order valence-electron chi connectivity index (χ3n) is 4.80. The van der Waals surface area contributed by atoms with Gasteiger partial charge in [-0.2, -0.15) is 0 Å². The molecule has 3 aliphatic heterocycles. The summed E-state index contributed by atoms with van der Waals surface area (Å²) in [5.41, 5.74) is 0.660. The first kappa shape index (κ1) is 14.3. The summed E-state index contributed by atoms with van der Waals surface area (Å²) >= 11 is 0. The van der Waals surface area contributed by atoms with Gasteiger partial charge in [0.25, 0.3) is 11.9 Å². The van der Waals surface area contributed by atoms with Gasteiger partial charge in [-0.3, -0.25) is 4.79 Å². The van der Waals surface area contributed by atoms with Crippen LogP contribution >= 0.6 is 0 Å². The van der Waals surface area contributed by atoms with Crippen LogP contribution < -0.4 is 10.1 Å². The standard InChI is InChI=1S/C18H20N2O3/c21-18(19-16-12-20-9-7-13(16)8-10-20)14-3-5-15(6-4-14)23-17-2-1-11-22-17/h1-6,11,13,16H,7-10,12H2,(H,19,21). The van der Waals surface area contributed by atoms with Crippen LogP contribution in [0.15, 0.2) is 47.1 Å². The van der Waals surface area contributed by atoms with E-state index in [9.17, 15) is 4.79 Å². The van der Waals surface area contributed by atoms with E-state index in [0.717, 1.165) is 6.54 Å². The molecule has 3 fully saturated rings. The number of amides is 1. The minimum Gasteiger partial charge on any atom is -0.434 e. The van der Waals surface area contributed by atoms with E-state index in [0.29, 0.717) is 23.2 Å². The van der Waals surface area contributed by atoms with Crippen LogP contribution in [0.2, 0.25) is 0 Å². The molecular weight excluding hydrogens is 292 g/mol. The van der Waals surface area contributed by atoms with Crippen molar-refractivity contribution in [1.82, 2.24) is 10.2 Å². The zero-order chi connectivity index (χ0) is 15.6.